The summed E-state index contributed by atoms with van der Waals surface area (Å²) < 4.78 is 1.42. The van der Waals surface area contributed by atoms with E-state index < -0.39 is 0 Å². The smallest absolute Gasteiger partial charge is 0.269 e. The lowest BCUT2D eigenvalue weighted by Crippen LogP contribution is -2.25. The van der Waals surface area contributed by atoms with Gasteiger partial charge >= 0.3 is 0 Å². The minimum absolute atomic E-state index is 0.137. The summed E-state index contributed by atoms with van der Waals surface area (Å²) in [6.45, 7) is 3.05. The number of anilines is 1. The summed E-state index contributed by atoms with van der Waals surface area (Å²) in [5, 5.41) is 14.9. The number of aromatic nitrogens is 2. The molecule has 0 aliphatic carbocycles. The van der Waals surface area contributed by atoms with E-state index in [9.17, 15) is 4.79 Å². The third-order valence-electron chi connectivity index (χ3n) is 3.11. The highest BCUT2D eigenvalue weighted by Crippen LogP contribution is 2.16. The normalized spacial score (nSPS) is 10.0. The molecule has 0 aliphatic heterocycles. The van der Waals surface area contributed by atoms with Crippen LogP contribution in [0.15, 0.2) is 28.5 Å². The van der Waals surface area contributed by atoms with E-state index in [0.29, 0.717) is 6.54 Å². The Morgan fingerprint density at radius 3 is 3.00 bits per heavy atom. The highest BCUT2D eigenvalue weighted by atomic mass is 32.1. The number of hydrogen-bond acceptors (Lipinski definition) is 5. The predicted molar refractivity (Wildman–Crippen MR) is 84.8 cm³/mol. The second-order valence-corrected chi connectivity index (χ2v) is 5.44. The fourth-order valence-corrected chi connectivity index (χ4v) is 2.59. The molecule has 110 valence electrons. The predicted octanol–water partition coefficient (Wildman–Crippen LogP) is 1.15. The Bertz CT molecular complexity index is 724. The molecule has 0 spiro atoms. The number of thiophene rings is 1. The van der Waals surface area contributed by atoms with Gasteiger partial charge < -0.3 is 10.0 Å². The molecule has 0 atom stereocenters. The maximum absolute atomic E-state index is 12.1. The molecule has 0 unspecified atom stereocenters. The Morgan fingerprint density at radius 2 is 2.33 bits per heavy atom. The molecule has 6 heteroatoms. The lowest BCUT2D eigenvalue weighted by atomic mass is 10.2. The molecule has 0 aliphatic rings. The number of nitrogens with zero attached hydrogens (tertiary/aromatic N) is 3. The summed E-state index contributed by atoms with van der Waals surface area (Å²) in [7, 11) is 1.92. The fourth-order valence-electron chi connectivity index (χ4n) is 1.78. The van der Waals surface area contributed by atoms with E-state index in [1.54, 1.807) is 12.3 Å². The zero-order chi connectivity index (χ0) is 15.2. The van der Waals surface area contributed by atoms with E-state index in [1.807, 2.05) is 30.3 Å². The third-order valence-corrected chi connectivity index (χ3v) is 4.02. The minimum Gasteiger partial charge on any atom is -0.384 e. The number of hydrogen-bond donors (Lipinski definition) is 1. The molecular weight excluding hydrogens is 286 g/mol. The van der Waals surface area contributed by atoms with Gasteiger partial charge in [-0.15, -0.1) is 11.3 Å². The summed E-state index contributed by atoms with van der Waals surface area (Å²) in [6, 6.07) is 3.47. The minimum atomic E-state index is -0.175. The zero-order valence-corrected chi connectivity index (χ0v) is 12.9. The molecular formula is C15H17N3O2S. The lowest BCUT2D eigenvalue weighted by Gasteiger charge is -2.16. The van der Waals surface area contributed by atoms with Crippen LogP contribution < -0.4 is 10.5 Å². The van der Waals surface area contributed by atoms with E-state index in [1.165, 1.54) is 16.0 Å². The fraction of sp³-hybridized carbons (Fsp3) is 0.333. The second kappa shape index (κ2) is 7.07. The average molecular weight is 303 g/mol. The average Bonchev–Trinajstić information content (AvgIpc) is 2.93. The van der Waals surface area contributed by atoms with E-state index in [0.717, 1.165) is 22.7 Å². The van der Waals surface area contributed by atoms with E-state index in [-0.39, 0.29) is 12.2 Å². The lowest BCUT2D eigenvalue weighted by molar-refractivity contribution is 0.350. The Kier molecular flexibility index (Phi) is 5.14. The van der Waals surface area contributed by atoms with Gasteiger partial charge in [0.15, 0.2) is 0 Å². The Labute approximate surface area is 127 Å². The topological polar surface area (TPSA) is 58.4 Å². The van der Waals surface area contributed by atoms with Crippen molar-refractivity contribution in [2.75, 3.05) is 25.1 Å². The number of rotatable bonds is 4. The van der Waals surface area contributed by atoms with Crippen LogP contribution in [0.1, 0.15) is 17.4 Å². The van der Waals surface area contributed by atoms with Crippen LogP contribution >= 0.6 is 11.3 Å². The molecule has 2 aromatic heterocycles. The van der Waals surface area contributed by atoms with E-state index in [4.69, 9.17) is 5.11 Å². The van der Waals surface area contributed by atoms with Crippen molar-refractivity contribution >= 4 is 17.0 Å². The first-order valence-electron chi connectivity index (χ1n) is 6.60. The molecule has 0 aromatic carbocycles. The molecule has 2 heterocycles. The maximum atomic E-state index is 12.1. The summed E-state index contributed by atoms with van der Waals surface area (Å²) in [6.07, 6.45) is 1.69. The van der Waals surface area contributed by atoms with Crippen LogP contribution in [-0.4, -0.2) is 35.1 Å². The zero-order valence-electron chi connectivity index (χ0n) is 12.0. The van der Waals surface area contributed by atoms with Crippen molar-refractivity contribution in [3.63, 3.8) is 0 Å². The molecule has 5 nitrogen and oxygen atoms in total. The Balaban J connectivity index is 2.25. The van der Waals surface area contributed by atoms with Crippen LogP contribution in [0.25, 0.3) is 0 Å². The summed E-state index contributed by atoms with van der Waals surface area (Å²) >= 11 is 1.52. The quantitative estimate of drug-likeness (QED) is 0.861. The van der Waals surface area contributed by atoms with E-state index >= 15 is 0 Å². The number of aliphatic hydroxyl groups excluding tert-OH is 1. The summed E-state index contributed by atoms with van der Waals surface area (Å²) in [5.74, 6) is 5.50. The largest absolute Gasteiger partial charge is 0.384 e. The Morgan fingerprint density at radius 1 is 1.52 bits per heavy atom. The summed E-state index contributed by atoms with van der Waals surface area (Å²) in [5.41, 5.74) is 1.50. The molecule has 0 fully saturated rings. The standard InChI is InChI=1S/C15H17N3O2S/c1-3-17(2)13-9-15(20)18(16-10-13)11-14-12(5-4-7-19)6-8-21-14/h6,8-10,19H,3,7,11H2,1-2H3. The van der Waals surface area contributed by atoms with Gasteiger partial charge in [0.2, 0.25) is 0 Å². The third kappa shape index (κ3) is 3.72. The van der Waals surface area contributed by atoms with Gasteiger partial charge in [0.05, 0.1) is 18.4 Å². The van der Waals surface area contributed by atoms with Gasteiger partial charge in [-0.1, -0.05) is 11.8 Å². The highest BCUT2D eigenvalue weighted by Gasteiger charge is 2.07. The van der Waals surface area contributed by atoms with Gasteiger partial charge in [-0.05, 0) is 18.4 Å². The van der Waals surface area contributed by atoms with Crippen molar-refractivity contribution < 1.29 is 5.11 Å². The van der Waals surface area contributed by atoms with Crippen LogP contribution in [0.3, 0.4) is 0 Å². The molecule has 0 amide bonds. The van der Waals surface area contributed by atoms with Crippen LogP contribution in [0, 0.1) is 11.8 Å². The van der Waals surface area contributed by atoms with Crippen molar-refractivity contribution in [3.05, 3.63) is 44.5 Å². The molecule has 2 aromatic rings. The van der Waals surface area contributed by atoms with Crippen molar-refractivity contribution in [1.82, 2.24) is 9.78 Å². The molecule has 0 saturated heterocycles. The van der Waals surface area contributed by atoms with Gasteiger partial charge in [0.1, 0.15) is 6.61 Å². The van der Waals surface area contributed by atoms with Crippen LogP contribution in [-0.2, 0) is 6.54 Å². The molecule has 0 radical (unpaired) electrons. The van der Waals surface area contributed by atoms with Gasteiger partial charge in [0, 0.05) is 30.1 Å². The van der Waals surface area contributed by atoms with Crippen molar-refractivity contribution in [3.8, 4) is 11.8 Å². The number of aliphatic hydroxyl groups is 1. The van der Waals surface area contributed by atoms with Crippen LogP contribution in [0.2, 0.25) is 0 Å². The van der Waals surface area contributed by atoms with Gasteiger partial charge in [-0.2, -0.15) is 5.10 Å². The molecule has 0 saturated carbocycles. The highest BCUT2D eigenvalue weighted by molar-refractivity contribution is 7.10. The molecule has 0 bridgehead atoms. The van der Waals surface area contributed by atoms with Crippen molar-refractivity contribution in [2.45, 2.75) is 13.5 Å². The van der Waals surface area contributed by atoms with Crippen LogP contribution in [0.5, 0.6) is 0 Å². The van der Waals surface area contributed by atoms with E-state index in [2.05, 4.69) is 16.9 Å². The SMILES string of the molecule is CCN(C)c1cnn(Cc2sccc2C#CCO)c(=O)c1. The van der Waals surface area contributed by atoms with Crippen molar-refractivity contribution in [2.24, 2.45) is 0 Å². The summed E-state index contributed by atoms with van der Waals surface area (Å²) in [4.78, 5) is 15.0. The van der Waals surface area contributed by atoms with Crippen LogP contribution in [0.4, 0.5) is 5.69 Å². The first-order valence-corrected chi connectivity index (χ1v) is 7.48. The Hall–Kier alpha value is -2.10. The first-order chi connectivity index (χ1) is 10.2. The van der Waals surface area contributed by atoms with Gasteiger partial charge in [-0.3, -0.25) is 4.79 Å². The molecule has 21 heavy (non-hydrogen) atoms. The monoisotopic (exact) mass is 303 g/mol. The van der Waals surface area contributed by atoms with Gasteiger partial charge in [0.25, 0.3) is 5.56 Å². The molecule has 2 rings (SSSR count). The maximum Gasteiger partial charge on any atom is 0.269 e. The second-order valence-electron chi connectivity index (χ2n) is 4.44. The molecule has 1 N–H and O–H groups in total. The van der Waals surface area contributed by atoms with Crippen molar-refractivity contribution in [1.29, 1.82) is 0 Å². The van der Waals surface area contributed by atoms with Gasteiger partial charge in [-0.25, -0.2) is 4.68 Å². The first kappa shape index (κ1) is 15.3.